The number of nitrogens with two attached hydrogens (primary N) is 1. The number of carbonyl (C=O) groups is 4. The highest BCUT2D eigenvalue weighted by atomic mass is 19.1. The second-order valence-corrected chi connectivity index (χ2v) is 22.4. The summed E-state index contributed by atoms with van der Waals surface area (Å²) in [4.78, 5) is 63.1. The zero-order valence-electron chi connectivity index (χ0n) is 42.1. The van der Waals surface area contributed by atoms with Crippen molar-refractivity contribution in [2.45, 2.75) is 127 Å². The smallest absolute Gasteiger partial charge is 0.249 e. The van der Waals surface area contributed by atoms with Crippen molar-refractivity contribution in [1.82, 2.24) is 29.3 Å². The number of aryl methyl sites for hydroxylation is 1. The van der Waals surface area contributed by atoms with Gasteiger partial charge in [0.2, 0.25) is 23.5 Å². The summed E-state index contributed by atoms with van der Waals surface area (Å²) >= 11 is 0. The van der Waals surface area contributed by atoms with Gasteiger partial charge in [0.25, 0.3) is 0 Å². The van der Waals surface area contributed by atoms with Gasteiger partial charge in [-0.25, -0.2) is 18.2 Å². The first-order chi connectivity index (χ1) is 35.5. The van der Waals surface area contributed by atoms with Crippen molar-refractivity contribution in [2.75, 3.05) is 37.6 Å². The number of halogens is 4. The number of hydrogen-bond acceptors (Lipinski definition) is 9. The molecule has 13 nitrogen and oxygen atoms in total. The predicted molar refractivity (Wildman–Crippen MR) is 274 cm³/mol. The first-order valence-corrected chi connectivity index (χ1v) is 26.5. The van der Waals surface area contributed by atoms with E-state index in [0.717, 1.165) is 106 Å². The second kappa shape index (κ2) is 19.6. The second-order valence-electron chi connectivity index (χ2n) is 22.4. The van der Waals surface area contributed by atoms with Gasteiger partial charge >= 0.3 is 0 Å². The number of rotatable bonds is 11. The van der Waals surface area contributed by atoms with E-state index in [0.29, 0.717) is 61.5 Å². The number of amides is 3. The number of allylic oxidation sites excluding steroid dienone is 2. The van der Waals surface area contributed by atoms with E-state index in [1.807, 2.05) is 16.7 Å². The molecule has 74 heavy (non-hydrogen) atoms. The number of Topliss-reactive ketones (excluding diaryl/α,β-unsaturated/α-hetero) is 1. The van der Waals surface area contributed by atoms with Crippen molar-refractivity contribution in [3.8, 4) is 0 Å². The highest BCUT2D eigenvalue weighted by Gasteiger charge is 2.61. The number of benzene rings is 2. The third kappa shape index (κ3) is 9.31. The van der Waals surface area contributed by atoms with Crippen molar-refractivity contribution in [1.29, 1.82) is 0 Å². The third-order valence-electron chi connectivity index (χ3n) is 17.5. The molecule has 17 heteroatoms. The number of fused-ring (bicyclic) bond motifs is 3. The summed E-state index contributed by atoms with van der Waals surface area (Å²) in [6.07, 6.45) is 13.4. The van der Waals surface area contributed by atoms with Crippen molar-refractivity contribution in [3.05, 3.63) is 123 Å². The fraction of sp³-hybridized carbons (Fsp3) is 0.491. The Balaban J connectivity index is 0.655. The van der Waals surface area contributed by atoms with Crippen LogP contribution in [0.5, 0.6) is 0 Å². The Kier molecular flexibility index (Phi) is 13.3. The fourth-order valence-electron chi connectivity index (χ4n) is 13.2. The van der Waals surface area contributed by atoms with E-state index < -0.39 is 57.5 Å². The summed E-state index contributed by atoms with van der Waals surface area (Å²) in [7, 11) is 1.80. The van der Waals surface area contributed by atoms with Gasteiger partial charge in [-0.15, -0.1) is 0 Å². The van der Waals surface area contributed by atoms with Gasteiger partial charge in [-0.05, 0) is 143 Å². The lowest BCUT2D eigenvalue weighted by molar-refractivity contribution is -0.135. The van der Waals surface area contributed by atoms with E-state index in [4.69, 9.17) is 5.73 Å². The molecule has 3 amide bonds. The topological polar surface area (TPSA) is 157 Å². The first-order valence-electron chi connectivity index (χ1n) is 26.5. The van der Waals surface area contributed by atoms with E-state index in [2.05, 4.69) is 39.2 Å². The molecule has 2 saturated heterocycles. The van der Waals surface area contributed by atoms with Crippen LogP contribution in [0.25, 0.3) is 17.1 Å². The summed E-state index contributed by atoms with van der Waals surface area (Å²) in [5.74, 6) is -4.14. The van der Waals surface area contributed by atoms with E-state index in [1.165, 1.54) is 24.4 Å². The molecule has 4 aliphatic heterocycles. The Labute approximate surface area is 428 Å². The van der Waals surface area contributed by atoms with E-state index in [1.54, 1.807) is 18.0 Å². The zero-order chi connectivity index (χ0) is 51.8. The molecule has 0 radical (unpaired) electrons. The van der Waals surface area contributed by atoms with Crippen LogP contribution in [0.15, 0.2) is 77.8 Å². The maximum Gasteiger partial charge on any atom is 0.249 e. The van der Waals surface area contributed by atoms with Gasteiger partial charge in [-0.3, -0.25) is 43.8 Å². The number of piperidine rings is 1. The highest BCUT2D eigenvalue weighted by molar-refractivity contribution is 6.15. The minimum Gasteiger partial charge on any atom is -0.622 e. The van der Waals surface area contributed by atoms with Crippen molar-refractivity contribution in [2.24, 2.45) is 24.6 Å². The summed E-state index contributed by atoms with van der Waals surface area (Å²) in [5, 5.41) is 16.6. The molecule has 4 atom stereocenters. The van der Waals surface area contributed by atoms with Gasteiger partial charge in [-0.2, -0.15) is 4.39 Å². The van der Waals surface area contributed by atoms with Gasteiger partial charge in [-0.1, -0.05) is 17.7 Å². The number of quaternary nitrogens is 1. The number of imide groups is 1. The van der Waals surface area contributed by atoms with Crippen LogP contribution < -0.4 is 20.6 Å². The van der Waals surface area contributed by atoms with Crippen LogP contribution in [0.4, 0.5) is 28.9 Å². The first kappa shape index (κ1) is 50.2. The molecule has 4 unspecified atom stereocenters. The molecular weight excluding hydrogens is 953 g/mol. The van der Waals surface area contributed by atoms with Crippen LogP contribution in [0.3, 0.4) is 0 Å². The maximum atomic E-state index is 16.0. The van der Waals surface area contributed by atoms with Gasteiger partial charge in [0.05, 0.1) is 10.8 Å². The lowest BCUT2D eigenvalue weighted by atomic mass is 9.78. The van der Waals surface area contributed by atoms with E-state index >= 15 is 8.78 Å². The summed E-state index contributed by atoms with van der Waals surface area (Å²) in [5.41, 5.74) is 9.73. The minimum atomic E-state index is -1.39. The largest absolute Gasteiger partial charge is 0.622 e. The molecule has 5 fully saturated rings. The van der Waals surface area contributed by atoms with E-state index in [-0.39, 0.29) is 59.1 Å². The number of pyridine rings is 1. The van der Waals surface area contributed by atoms with Crippen LogP contribution in [0.1, 0.15) is 135 Å². The number of nitrogens with one attached hydrogen (secondary N) is 1. The predicted octanol–water partition coefficient (Wildman–Crippen LogP) is 9.52. The molecule has 390 valence electrons. The van der Waals surface area contributed by atoms with Crippen LogP contribution in [-0.2, 0) is 33.4 Å². The Bertz CT molecular complexity index is 3040. The van der Waals surface area contributed by atoms with E-state index in [9.17, 15) is 33.2 Å². The van der Waals surface area contributed by atoms with Crippen molar-refractivity contribution in [3.63, 3.8) is 0 Å². The number of ketones is 1. The van der Waals surface area contributed by atoms with Crippen LogP contribution >= 0.6 is 0 Å². The number of hydroxylamine groups is 2. The number of aromatic nitrogens is 2. The molecule has 6 heterocycles. The van der Waals surface area contributed by atoms with Crippen LogP contribution in [-0.4, -0.2) is 87.7 Å². The summed E-state index contributed by atoms with van der Waals surface area (Å²) in [6, 6.07) is 11.6. The summed E-state index contributed by atoms with van der Waals surface area (Å²) in [6.45, 7) is 6.15. The molecule has 11 rings (SSSR count). The average molecular weight is 1020 g/mol. The Morgan fingerprint density at radius 2 is 1.69 bits per heavy atom. The minimum absolute atomic E-state index is 0.0200. The van der Waals surface area contributed by atoms with Gasteiger partial charge in [0.15, 0.2) is 17.3 Å². The molecular formula is C57H64F4N8O5. The highest BCUT2D eigenvalue weighted by Crippen LogP contribution is 2.58. The molecule has 1 spiro atoms. The fourth-order valence-corrected chi connectivity index (χ4v) is 13.2. The van der Waals surface area contributed by atoms with Gasteiger partial charge in [0.1, 0.15) is 41.8 Å². The summed E-state index contributed by atoms with van der Waals surface area (Å²) < 4.78 is 61.3. The normalized spacial score (nSPS) is 28.2. The molecule has 4 aromatic rings. The maximum absolute atomic E-state index is 16.0. The number of anilines is 1. The standard InChI is InChI=1S/C57H64F4N8O5/c1-33-28-66(29-37-11-13-47-42(23-37)57(17-18-57)56(73)68(47)48-14-15-51(71)64-55(48)72)20-21-67(33)30-36-8-6-35(7-9-36)24-50(70)39-25-43(58)52(44(59)26-39)38-5-3-4-34(10-12-38)22-40-27-41-49(16-19-63-54(41)65(40)2)69(74)31-45(60)53(62)46(61)32-69/h11,13,16,19,22-23,25-27,31,33,35-36,38,48H,3-10,12,14-15,17-18,20-21,24,28-30,32,62H2,1-2H3,(H,64,71,72)/b34-22-. The van der Waals surface area contributed by atoms with Crippen LogP contribution in [0.2, 0.25) is 0 Å². The average Bonchev–Trinajstić information content (AvgIpc) is 4.14. The lowest BCUT2D eigenvalue weighted by Crippen LogP contribution is -2.54. The molecule has 3 N–H and O–H groups in total. The van der Waals surface area contributed by atoms with Crippen molar-refractivity contribution >= 4 is 52.0 Å². The number of carbonyl (C=O) groups excluding carboxylic acids is 4. The monoisotopic (exact) mass is 1020 g/mol. The zero-order valence-corrected chi connectivity index (χ0v) is 42.1. The Morgan fingerprint density at radius 3 is 2.41 bits per heavy atom. The number of nitrogens with zero attached hydrogens (tertiary/aromatic N) is 6. The molecule has 3 saturated carbocycles. The Hall–Kier alpha value is -6.01. The Morgan fingerprint density at radius 1 is 0.932 bits per heavy atom. The molecule has 7 aliphatic rings. The molecule has 2 aromatic carbocycles. The van der Waals surface area contributed by atoms with Gasteiger partial charge < -0.3 is 15.5 Å². The lowest BCUT2D eigenvalue weighted by Gasteiger charge is -2.42. The molecule has 2 aromatic heterocycles. The SMILES string of the molecule is CC1CN(Cc2ccc3c(c2)C2(CC2)C(=O)N3C2CCC(=O)NC2=O)CCN1CC1CCC(CC(=O)c2cc(F)c(C3CCC/C(=C/c4cc5c([N+]6([O-])C=C(F)C(N)=C(F)C6)ccnc5n4C)CC3)c(F)c2)CC1. The van der Waals surface area contributed by atoms with Crippen molar-refractivity contribution < 1.29 is 36.7 Å². The third-order valence-corrected chi connectivity index (χ3v) is 17.5. The number of piperazine rings is 1. The molecule has 0 bridgehead atoms. The quantitative estimate of drug-likeness (QED) is 0.0373. The molecule has 3 aliphatic carbocycles. The number of hydrogen-bond donors (Lipinski definition) is 2. The van der Waals surface area contributed by atoms with Crippen LogP contribution in [0, 0.1) is 28.7 Å². The van der Waals surface area contributed by atoms with Gasteiger partial charge in [0, 0.05) is 93.4 Å².